The molecule has 0 spiro atoms. The van der Waals surface area contributed by atoms with Gasteiger partial charge < -0.3 is 10.2 Å². The van der Waals surface area contributed by atoms with Gasteiger partial charge in [0, 0.05) is 18.6 Å². The largest absolute Gasteiger partial charge is 0.394 e. The van der Waals surface area contributed by atoms with Crippen molar-refractivity contribution in [2.75, 3.05) is 12.4 Å². The lowest BCUT2D eigenvalue weighted by molar-refractivity contribution is 0.113. The van der Waals surface area contributed by atoms with Crippen LogP contribution in [0.2, 0.25) is 0 Å². The van der Waals surface area contributed by atoms with Crippen LogP contribution in [0.15, 0.2) is 4.47 Å². The van der Waals surface area contributed by atoms with Gasteiger partial charge in [0.25, 0.3) is 0 Å². The molecule has 0 aromatic carbocycles. The number of hydrogen-bond donors (Lipinski definition) is 2. The predicted molar refractivity (Wildman–Crippen MR) is 64.9 cm³/mol. The summed E-state index contributed by atoms with van der Waals surface area (Å²) in [4.78, 5) is 0. The Labute approximate surface area is 102 Å². The normalized spacial score (nSPS) is 13.1. The van der Waals surface area contributed by atoms with Crippen LogP contribution in [0.5, 0.6) is 0 Å². The molecule has 0 aliphatic carbocycles. The molecule has 2 N–H and O–H groups in total. The van der Waals surface area contributed by atoms with E-state index in [0.717, 1.165) is 21.6 Å². The van der Waals surface area contributed by atoms with Crippen LogP contribution in [0.4, 0.5) is 0 Å². The van der Waals surface area contributed by atoms with E-state index in [4.69, 9.17) is 5.11 Å². The van der Waals surface area contributed by atoms with Crippen molar-refractivity contribution in [1.29, 1.82) is 0 Å². The Morgan fingerprint density at radius 3 is 2.73 bits per heavy atom. The van der Waals surface area contributed by atoms with E-state index in [1.807, 2.05) is 18.7 Å². The molecule has 1 rings (SSSR count). The Morgan fingerprint density at radius 1 is 1.60 bits per heavy atom. The van der Waals surface area contributed by atoms with Crippen LogP contribution in [0.25, 0.3) is 0 Å². The SMILES string of the molecule is Cc1nn(C)c(CSCC(O)CO)c1Br. The molecule has 0 saturated heterocycles. The first-order valence-corrected chi connectivity index (χ1v) is 6.55. The van der Waals surface area contributed by atoms with Crippen LogP contribution in [0.3, 0.4) is 0 Å². The number of hydrogen-bond acceptors (Lipinski definition) is 4. The van der Waals surface area contributed by atoms with E-state index in [-0.39, 0.29) is 6.61 Å². The summed E-state index contributed by atoms with van der Waals surface area (Å²) in [5, 5.41) is 22.1. The Balaban J connectivity index is 2.50. The molecule has 0 amide bonds. The van der Waals surface area contributed by atoms with Gasteiger partial charge in [0.15, 0.2) is 0 Å². The van der Waals surface area contributed by atoms with Gasteiger partial charge in [0.1, 0.15) is 0 Å². The molecule has 1 atom stereocenters. The summed E-state index contributed by atoms with van der Waals surface area (Å²) in [5.74, 6) is 1.31. The number of rotatable bonds is 5. The zero-order valence-corrected chi connectivity index (χ0v) is 11.2. The molecular formula is C9H15BrN2O2S. The Morgan fingerprint density at radius 2 is 2.27 bits per heavy atom. The number of nitrogens with zero attached hydrogens (tertiary/aromatic N) is 2. The molecule has 15 heavy (non-hydrogen) atoms. The van der Waals surface area contributed by atoms with E-state index in [0.29, 0.717) is 5.75 Å². The molecular weight excluding hydrogens is 280 g/mol. The fourth-order valence-corrected chi connectivity index (χ4v) is 2.86. The number of aromatic nitrogens is 2. The first kappa shape index (κ1) is 13.0. The summed E-state index contributed by atoms with van der Waals surface area (Å²) < 4.78 is 2.86. The highest BCUT2D eigenvalue weighted by atomic mass is 79.9. The second-order valence-electron chi connectivity index (χ2n) is 3.32. The van der Waals surface area contributed by atoms with Gasteiger partial charge in [0.2, 0.25) is 0 Å². The van der Waals surface area contributed by atoms with E-state index in [1.54, 1.807) is 11.8 Å². The molecule has 4 nitrogen and oxygen atoms in total. The predicted octanol–water partition coefficient (Wildman–Crippen LogP) is 1.08. The van der Waals surface area contributed by atoms with Crippen LogP contribution in [0, 0.1) is 6.92 Å². The minimum absolute atomic E-state index is 0.182. The fourth-order valence-electron chi connectivity index (χ4n) is 1.18. The van der Waals surface area contributed by atoms with E-state index in [9.17, 15) is 5.11 Å². The highest BCUT2D eigenvalue weighted by molar-refractivity contribution is 9.10. The van der Waals surface area contributed by atoms with Gasteiger partial charge in [-0.25, -0.2) is 0 Å². The van der Waals surface area contributed by atoms with Crippen molar-refractivity contribution in [3.8, 4) is 0 Å². The number of aliphatic hydroxyl groups excluding tert-OH is 2. The van der Waals surface area contributed by atoms with E-state index in [1.165, 1.54) is 0 Å². The third kappa shape index (κ3) is 3.48. The van der Waals surface area contributed by atoms with Gasteiger partial charge in [-0.3, -0.25) is 4.68 Å². The molecule has 1 aromatic heterocycles. The molecule has 0 aliphatic rings. The number of aliphatic hydroxyl groups is 2. The molecule has 1 aromatic rings. The lowest BCUT2D eigenvalue weighted by Gasteiger charge is -2.06. The Kier molecular flexibility index (Phi) is 5.11. The molecule has 0 aliphatic heterocycles. The van der Waals surface area contributed by atoms with Crippen molar-refractivity contribution in [2.45, 2.75) is 18.8 Å². The van der Waals surface area contributed by atoms with E-state index in [2.05, 4.69) is 21.0 Å². The van der Waals surface area contributed by atoms with Crippen molar-refractivity contribution < 1.29 is 10.2 Å². The Hall–Kier alpha value is -0.0400. The van der Waals surface area contributed by atoms with Crippen molar-refractivity contribution >= 4 is 27.7 Å². The Bertz CT molecular complexity index is 330. The second-order valence-corrected chi connectivity index (χ2v) is 5.14. The number of halogens is 1. The third-order valence-corrected chi connectivity index (χ3v) is 4.15. The second kappa shape index (κ2) is 5.89. The summed E-state index contributed by atoms with van der Waals surface area (Å²) in [6, 6.07) is 0. The van der Waals surface area contributed by atoms with Crippen LogP contribution in [-0.2, 0) is 12.8 Å². The first-order chi connectivity index (χ1) is 7.06. The molecule has 6 heteroatoms. The molecule has 1 unspecified atom stereocenters. The maximum atomic E-state index is 9.17. The average Bonchev–Trinajstić information content (AvgIpc) is 2.44. The summed E-state index contributed by atoms with van der Waals surface area (Å²) >= 11 is 5.06. The van der Waals surface area contributed by atoms with Gasteiger partial charge in [0.05, 0.1) is 28.6 Å². The van der Waals surface area contributed by atoms with Gasteiger partial charge in [-0.1, -0.05) is 0 Å². The van der Waals surface area contributed by atoms with Crippen LogP contribution < -0.4 is 0 Å². The monoisotopic (exact) mass is 294 g/mol. The van der Waals surface area contributed by atoms with E-state index >= 15 is 0 Å². The van der Waals surface area contributed by atoms with E-state index < -0.39 is 6.10 Å². The zero-order chi connectivity index (χ0) is 11.4. The smallest absolute Gasteiger partial charge is 0.0861 e. The highest BCUT2D eigenvalue weighted by Gasteiger charge is 2.11. The molecule has 0 radical (unpaired) electrons. The molecule has 0 bridgehead atoms. The summed E-state index contributed by atoms with van der Waals surface area (Å²) in [6.45, 7) is 1.76. The van der Waals surface area contributed by atoms with Crippen LogP contribution in [-0.4, -0.2) is 38.5 Å². The van der Waals surface area contributed by atoms with Crippen LogP contribution in [0.1, 0.15) is 11.4 Å². The zero-order valence-electron chi connectivity index (χ0n) is 8.77. The van der Waals surface area contributed by atoms with Crippen molar-refractivity contribution in [2.24, 2.45) is 7.05 Å². The fraction of sp³-hybridized carbons (Fsp3) is 0.667. The summed E-state index contributed by atoms with van der Waals surface area (Å²) in [6.07, 6.45) is -0.636. The minimum atomic E-state index is -0.636. The number of thioether (sulfide) groups is 1. The van der Waals surface area contributed by atoms with Gasteiger partial charge >= 0.3 is 0 Å². The van der Waals surface area contributed by atoms with Gasteiger partial charge in [-0.2, -0.15) is 16.9 Å². The molecule has 0 saturated carbocycles. The van der Waals surface area contributed by atoms with Gasteiger partial charge in [-0.05, 0) is 22.9 Å². The lowest BCUT2D eigenvalue weighted by atomic mass is 10.4. The quantitative estimate of drug-likeness (QED) is 0.853. The lowest BCUT2D eigenvalue weighted by Crippen LogP contribution is -2.15. The number of aryl methyl sites for hydroxylation is 2. The third-order valence-electron chi connectivity index (χ3n) is 2.02. The molecule has 86 valence electrons. The summed E-state index contributed by atoms with van der Waals surface area (Å²) in [5.41, 5.74) is 2.07. The minimum Gasteiger partial charge on any atom is -0.394 e. The maximum absolute atomic E-state index is 9.17. The standard InChI is InChI=1S/C9H15BrN2O2S/c1-6-9(10)8(12(2)11-6)5-15-4-7(14)3-13/h7,13-14H,3-5H2,1-2H3. The van der Waals surface area contributed by atoms with Crippen molar-refractivity contribution in [1.82, 2.24) is 9.78 Å². The average molecular weight is 295 g/mol. The highest BCUT2D eigenvalue weighted by Crippen LogP contribution is 2.24. The first-order valence-electron chi connectivity index (χ1n) is 4.61. The molecule has 1 heterocycles. The maximum Gasteiger partial charge on any atom is 0.0861 e. The van der Waals surface area contributed by atoms with Gasteiger partial charge in [-0.15, -0.1) is 0 Å². The van der Waals surface area contributed by atoms with Crippen molar-refractivity contribution in [3.05, 3.63) is 15.9 Å². The topological polar surface area (TPSA) is 58.3 Å². The summed E-state index contributed by atoms with van der Waals surface area (Å²) in [7, 11) is 1.90. The van der Waals surface area contributed by atoms with Crippen LogP contribution >= 0.6 is 27.7 Å². The van der Waals surface area contributed by atoms with Crippen molar-refractivity contribution in [3.63, 3.8) is 0 Å². The molecule has 0 fully saturated rings.